The van der Waals surface area contributed by atoms with Gasteiger partial charge < -0.3 is 5.73 Å². The van der Waals surface area contributed by atoms with E-state index in [2.05, 4.69) is 29.2 Å². The van der Waals surface area contributed by atoms with E-state index in [-0.39, 0.29) is 0 Å². The van der Waals surface area contributed by atoms with Gasteiger partial charge in [0.2, 0.25) is 10.0 Å². The minimum Gasteiger partial charge on any atom is -0.330 e. The molecule has 0 spiro atoms. The lowest BCUT2D eigenvalue weighted by atomic mass is 9.89. The highest BCUT2D eigenvalue weighted by molar-refractivity contribution is 7.89. The molecule has 3 rings (SSSR count). The van der Waals surface area contributed by atoms with Gasteiger partial charge in [-0.3, -0.25) is 4.90 Å². The maximum absolute atomic E-state index is 12.4. The van der Waals surface area contributed by atoms with E-state index < -0.39 is 10.0 Å². The Balaban J connectivity index is 1.76. The SMILES string of the molecule is CN(C)S(=O)(=O)c1cccc(CN2C[C@@H](CN)[C@H](c3ccccc3)C2)c1. The van der Waals surface area contributed by atoms with Crippen LogP contribution in [0.3, 0.4) is 0 Å². The Labute approximate surface area is 156 Å². The summed E-state index contributed by atoms with van der Waals surface area (Å²) < 4.78 is 26.0. The molecule has 0 saturated carbocycles. The van der Waals surface area contributed by atoms with Crippen LogP contribution in [0.5, 0.6) is 0 Å². The second-order valence-electron chi connectivity index (χ2n) is 7.14. The third-order valence-corrected chi connectivity index (χ3v) is 6.94. The molecule has 2 N–H and O–H groups in total. The first-order chi connectivity index (χ1) is 12.4. The van der Waals surface area contributed by atoms with Crippen molar-refractivity contribution in [2.45, 2.75) is 17.4 Å². The molecule has 0 radical (unpaired) electrons. The van der Waals surface area contributed by atoms with Crippen LogP contribution < -0.4 is 5.73 Å². The molecule has 0 aliphatic carbocycles. The number of hydrogen-bond acceptors (Lipinski definition) is 4. The minimum absolute atomic E-state index is 0.342. The summed E-state index contributed by atoms with van der Waals surface area (Å²) in [5.74, 6) is 0.848. The lowest BCUT2D eigenvalue weighted by molar-refractivity contribution is 0.316. The van der Waals surface area contributed by atoms with Crippen molar-refractivity contribution in [3.8, 4) is 0 Å². The quantitative estimate of drug-likeness (QED) is 0.842. The van der Waals surface area contributed by atoms with E-state index in [1.54, 1.807) is 26.2 Å². The van der Waals surface area contributed by atoms with Crippen LogP contribution in [0.15, 0.2) is 59.5 Å². The van der Waals surface area contributed by atoms with E-state index in [1.165, 1.54) is 9.87 Å². The van der Waals surface area contributed by atoms with Gasteiger partial charge in [-0.1, -0.05) is 42.5 Å². The fraction of sp³-hybridized carbons (Fsp3) is 0.400. The molecule has 0 aromatic heterocycles. The molecule has 1 fully saturated rings. The van der Waals surface area contributed by atoms with Crippen molar-refractivity contribution in [1.29, 1.82) is 0 Å². The molecule has 0 unspecified atom stereocenters. The smallest absolute Gasteiger partial charge is 0.242 e. The summed E-state index contributed by atoms with van der Waals surface area (Å²) in [7, 11) is -0.299. The predicted octanol–water partition coefficient (Wildman–Crippen LogP) is 2.11. The lowest BCUT2D eigenvalue weighted by Gasteiger charge is -2.17. The van der Waals surface area contributed by atoms with Gasteiger partial charge in [0.15, 0.2) is 0 Å². The largest absolute Gasteiger partial charge is 0.330 e. The summed E-state index contributed by atoms with van der Waals surface area (Å²) >= 11 is 0. The monoisotopic (exact) mass is 373 g/mol. The number of nitrogens with zero attached hydrogens (tertiary/aromatic N) is 2. The molecule has 5 nitrogen and oxygen atoms in total. The fourth-order valence-electron chi connectivity index (χ4n) is 3.68. The van der Waals surface area contributed by atoms with Gasteiger partial charge >= 0.3 is 0 Å². The van der Waals surface area contributed by atoms with Crippen molar-refractivity contribution in [2.75, 3.05) is 33.7 Å². The Bertz CT molecular complexity index is 837. The van der Waals surface area contributed by atoms with E-state index in [0.29, 0.717) is 23.3 Å². The Morgan fingerprint density at radius 3 is 2.46 bits per heavy atom. The van der Waals surface area contributed by atoms with Gasteiger partial charge in [-0.2, -0.15) is 0 Å². The van der Waals surface area contributed by atoms with Gasteiger partial charge in [-0.25, -0.2) is 12.7 Å². The van der Waals surface area contributed by atoms with E-state index in [1.807, 2.05) is 18.2 Å². The number of likely N-dealkylation sites (tertiary alicyclic amines) is 1. The molecule has 2 aromatic rings. The first-order valence-corrected chi connectivity index (χ1v) is 10.3. The molecule has 1 aliphatic rings. The van der Waals surface area contributed by atoms with Crippen molar-refractivity contribution in [3.63, 3.8) is 0 Å². The van der Waals surface area contributed by atoms with Crippen molar-refractivity contribution in [2.24, 2.45) is 11.7 Å². The predicted molar refractivity (Wildman–Crippen MR) is 104 cm³/mol. The molecule has 140 valence electrons. The molecule has 2 aromatic carbocycles. The third-order valence-electron chi connectivity index (χ3n) is 5.13. The molecule has 1 aliphatic heterocycles. The van der Waals surface area contributed by atoms with Crippen LogP contribution in [0.2, 0.25) is 0 Å². The van der Waals surface area contributed by atoms with E-state index in [4.69, 9.17) is 5.73 Å². The van der Waals surface area contributed by atoms with Crippen LogP contribution in [0.25, 0.3) is 0 Å². The summed E-state index contributed by atoms with van der Waals surface area (Å²) in [6.07, 6.45) is 0. The highest BCUT2D eigenvalue weighted by Crippen LogP contribution is 2.33. The van der Waals surface area contributed by atoms with Gasteiger partial charge in [0.05, 0.1) is 4.90 Å². The molecular formula is C20H27N3O2S. The Hall–Kier alpha value is -1.73. The van der Waals surface area contributed by atoms with Gasteiger partial charge in [0.25, 0.3) is 0 Å². The lowest BCUT2D eigenvalue weighted by Crippen LogP contribution is -2.24. The average molecular weight is 374 g/mol. The van der Waals surface area contributed by atoms with Gasteiger partial charge in [0, 0.05) is 39.6 Å². The van der Waals surface area contributed by atoms with E-state index >= 15 is 0 Å². The summed E-state index contributed by atoms with van der Waals surface area (Å²) in [6.45, 7) is 3.26. The molecular weight excluding hydrogens is 346 g/mol. The summed E-state index contributed by atoms with van der Waals surface area (Å²) in [6, 6.07) is 17.7. The van der Waals surface area contributed by atoms with E-state index in [9.17, 15) is 8.42 Å². The van der Waals surface area contributed by atoms with Crippen LogP contribution >= 0.6 is 0 Å². The summed E-state index contributed by atoms with van der Waals surface area (Å²) in [4.78, 5) is 2.71. The third kappa shape index (κ3) is 3.99. The zero-order valence-electron chi connectivity index (χ0n) is 15.4. The second-order valence-corrected chi connectivity index (χ2v) is 9.29. The highest BCUT2D eigenvalue weighted by atomic mass is 32.2. The Morgan fingerprint density at radius 2 is 1.81 bits per heavy atom. The van der Waals surface area contributed by atoms with Gasteiger partial charge in [0.1, 0.15) is 0 Å². The minimum atomic E-state index is -3.41. The topological polar surface area (TPSA) is 66.6 Å². The average Bonchev–Trinajstić information content (AvgIpc) is 3.05. The number of sulfonamides is 1. The van der Waals surface area contributed by atoms with Gasteiger partial charge in [-0.05, 0) is 35.7 Å². The van der Waals surface area contributed by atoms with E-state index in [0.717, 1.165) is 25.2 Å². The molecule has 1 saturated heterocycles. The second kappa shape index (κ2) is 7.88. The number of hydrogen-bond donors (Lipinski definition) is 1. The molecule has 1 heterocycles. The van der Waals surface area contributed by atoms with Crippen LogP contribution in [-0.2, 0) is 16.6 Å². The van der Waals surface area contributed by atoms with Crippen LogP contribution in [0, 0.1) is 5.92 Å². The zero-order chi connectivity index (χ0) is 18.7. The molecule has 2 atom stereocenters. The Kier molecular flexibility index (Phi) is 5.77. The summed E-state index contributed by atoms with van der Waals surface area (Å²) in [5.41, 5.74) is 8.36. The number of rotatable bonds is 6. The van der Waals surface area contributed by atoms with Crippen LogP contribution in [-0.4, -0.2) is 51.4 Å². The summed E-state index contributed by atoms with van der Waals surface area (Å²) in [5, 5.41) is 0. The van der Waals surface area contributed by atoms with Crippen LogP contribution in [0.4, 0.5) is 0 Å². The highest BCUT2D eigenvalue weighted by Gasteiger charge is 2.32. The van der Waals surface area contributed by atoms with Crippen LogP contribution in [0.1, 0.15) is 17.0 Å². The molecule has 0 bridgehead atoms. The van der Waals surface area contributed by atoms with Crippen molar-refractivity contribution in [3.05, 3.63) is 65.7 Å². The fourth-order valence-corrected chi connectivity index (χ4v) is 4.65. The van der Waals surface area contributed by atoms with Gasteiger partial charge in [-0.15, -0.1) is 0 Å². The zero-order valence-corrected chi connectivity index (χ0v) is 16.2. The molecule has 26 heavy (non-hydrogen) atoms. The first kappa shape index (κ1) is 19.0. The Morgan fingerprint density at radius 1 is 1.08 bits per heavy atom. The molecule has 6 heteroatoms. The maximum Gasteiger partial charge on any atom is 0.242 e. The molecule has 0 amide bonds. The van der Waals surface area contributed by atoms with Crippen molar-refractivity contribution in [1.82, 2.24) is 9.21 Å². The number of benzene rings is 2. The first-order valence-electron chi connectivity index (χ1n) is 8.90. The standard InChI is InChI=1S/C20H27N3O2S/c1-22(2)26(24,25)19-10-6-7-16(11-19)13-23-14-18(12-21)20(15-23)17-8-4-3-5-9-17/h3-11,18,20H,12-15,21H2,1-2H3/t18-,20+/m1/s1. The normalized spacial score (nSPS) is 21.4. The number of nitrogens with two attached hydrogens (primary N) is 1. The maximum atomic E-state index is 12.4. The van der Waals surface area contributed by atoms with Crippen molar-refractivity contribution < 1.29 is 8.42 Å². The van der Waals surface area contributed by atoms with Crippen molar-refractivity contribution >= 4 is 10.0 Å².